The molecule has 0 bridgehead atoms. The topological polar surface area (TPSA) is 24.1 Å². The zero-order valence-electron chi connectivity index (χ0n) is 12.7. The van der Waals surface area contributed by atoms with E-state index in [2.05, 4.69) is 66.1 Å². The van der Waals surface area contributed by atoms with Crippen LogP contribution < -0.4 is 10.6 Å². The molecule has 110 valence electrons. The Morgan fingerprint density at radius 1 is 1.10 bits per heavy atom. The average molecular weight is 280 g/mol. The molecule has 1 saturated heterocycles. The summed E-state index contributed by atoms with van der Waals surface area (Å²) in [6, 6.07) is 17.2. The van der Waals surface area contributed by atoms with Crippen molar-refractivity contribution >= 4 is 5.69 Å². The average Bonchev–Trinajstić information content (AvgIpc) is 2.56. The Balaban J connectivity index is 1.74. The molecule has 2 heteroatoms. The Labute approximate surface area is 127 Å². The van der Waals surface area contributed by atoms with Crippen molar-refractivity contribution in [3.8, 4) is 11.1 Å². The van der Waals surface area contributed by atoms with E-state index in [1.165, 1.54) is 41.8 Å². The van der Waals surface area contributed by atoms with Gasteiger partial charge in [-0.05, 0) is 61.5 Å². The number of hydrogen-bond acceptors (Lipinski definition) is 2. The Morgan fingerprint density at radius 3 is 2.71 bits per heavy atom. The number of nitrogens with one attached hydrogen (secondary N) is 2. The van der Waals surface area contributed by atoms with Crippen molar-refractivity contribution in [1.82, 2.24) is 5.32 Å². The summed E-state index contributed by atoms with van der Waals surface area (Å²) in [5, 5.41) is 7.14. The molecule has 3 rings (SSSR count). The molecule has 2 N–H and O–H groups in total. The van der Waals surface area contributed by atoms with E-state index in [4.69, 9.17) is 0 Å². The fourth-order valence-electron chi connectivity index (χ4n) is 3.11. The largest absolute Gasteiger partial charge is 0.384 e. The highest BCUT2D eigenvalue weighted by Crippen LogP contribution is 2.28. The van der Waals surface area contributed by atoms with Gasteiger partial charge in [-0.15, -0.1) is 0 Å². The van der Waals surface area contributed by atoms with Crippen molar-refractivity contribution < 1.29 is 0 Å². The van der Waals surface area contributed by atoms with E-state index in [0.717, 1.165) is 19.0 Å². The highest BCUT2D eigenvalue weighted by Gasteiger charge is 2.13. The Bertz CT molecular complexity index is 571. The standard InChI is InChI=1S/C19H24N2/c1-15-18(17-8-3-2-4-9-17)10-5-11-19(15)21-14-16-7-6-12-20-13-16/h2-5,8-11,16,20-21H,6-7,12-14H2,1H3. The van der Waals surface area contributed by atoms with Gasteiger partial charge < -0.3 is 10.6 Å². The van der Waals surface area contributed by atoms with Crippen molar-refractivity contribution in [3.63, 3.8) is 0 Å². The molecule has 1 aliphatic heterocycles. The van der Waals surface area contributed by atoms with Crippen molar-refractivity contribution in [2.45, 2.75) is 19.8 Å². The fourth-order valence-corrected chi connectivity index (χ4v) is 3.11. The molecule has 0 radical (unpaired) electrons. The minimum absolute atomic E-state index is 0.749. The molecule has 2 aromatic carbocycles. The summed E-state index contributed by atoms with van der Waals surface area (Å²) in [7, 11) is 0. The van der Waals surface area contributed by atoms with Crippen LogP contribution in [-0.4, -0.2) is 19.6 Å². The van der Waals surface area contributed by atoms with E-state index in [0.29, 0.717) is 0 Å². The van der Waals surface area contributed by atoms with Crippen LogP contribution in [0.5, 0.6) is 0 Å². The smallest absolute Gasteiger partial charge is 0.0376 e. The fraction of sp³-hybridized carbons (Fsp3) is 0.368. The second kappa shape index (κ2) is 6.77. The molecule has 0 amide bonds. The summed E-state index contributed by atoms with van der Waals surface area (Å²) < 4.78 is 0. The van der Waals surface area contributed by atoms with Crippen LogP contribution in [0.25, 0.3) is 11.1 Å². The first-order valence-electron chi connectivity index (χ1n) is 7.94. The maximum absolute atomic E-state index is 3.65. The van der Waals surface area contributed by atoms with E-state index in [1.54, 1.807) is 0 Å². The molecule has 2 aromatic rings. The number of anilines is 1. The minimum atomic E-state index is 0.749. The van der Waals surface area contributed by atoms with Gasteiger partial charge in [-0.1, -0.05) is 42.5 Å². The maximum Gasteiger partial charge on any atom is 0.0376 e. The third-order valence-corrected chi connectivity index (χ3v) is 4.40. The molecule has 21 heavy (non-hydrogen) atoms. The van der Waals surface area contributed by atoms with Crippen LogP contribution in [-0.2, 0) is 0 Å². The molecule has 0 aliphatic carbocycles. The molecule has 1 aliphatic rings. The van der Waals surface area contributed by atoms with Crippen LogP contribution in [0.3, 0.4) is 0 Å². The van der Waals surface area contributed by atoms with Gasteiger partial charge in [-0.2, -0.15) is 0 Å². The van der Waals surface area contributed by atoms with Gasteiger partial charge in [0.25, 0.3) is 0 Å². The number of benzene rings is 2. The molecule has 1 atom stereocenters. The second-order valence-corrected chi connectivity index (χ2v) is 5.94. The predicted molar refractivity (Wildman–Crippen MR) is 90.7 cm³/mol. The highest BCUT2D eigenvalue weighted by molar-refractivity contribution is 5.73. The summed E-state index contributed by atoms with van der Waals surface area (Å²) in [6.45, 7) is 5.60. The Hall–Kier alpha value is -1.80. The lowest BCUT2D eigenvalue weighted by molar-refractivity contribution is 0.393. The van der Waals surface area contributed by atoms with Gasteiger partial charge in [0.2, 0.25) is 0 Å². The van der Waals surface area contributed by atoms with Crippen LogP contribution in [0.1, 0.15) is 18.4 Å². The SMILES string of the molecule is Cc1c(NCC2CCCNC2)cccc1-c1ccccc1. The third kappa shape index (κ3) is 3.45. The van der Waals surface area contributed by atoms with Crippen molar-refractivity contribution in [1.29, 1.82) is 0 Å². The molecule has 2 nitrogen and oxygen atoms in total. The molecular formula is C19H24N2. The highest BCUT2D eigenvalue weighted by atomic mass is 14.9. The molecule has 0 spiro atoms. The van der Waals surface area contributed by atoms with E-state index >= 15 is 0 Å². The van der Waals surface area contributed by atoms with Crippen molar-refractivity contribution in [2.24, 2.45) is 5.92 Å². The summed E-state index contributed by atoms with van der Waals surface area (Å²) in [5.74, 6) is 0.749. The Kier molecular flexibility index (Phi) is 4.56. The zero-order chi connectivity index (χ0) is 14.5. The first-order valence-corrected chi connectivity index (χ1v) is 7.94. The summed E-state index contributed by atoms with van der Waals surface area (Å²) >= 11 is 0. The lowest BCUT2D eigenvalue weighted by Crippen LogP contribution is -2.33. The zero-order valence-corrected chi connectivity index (χ0v) is 12.7. The van der Waals surface area contributed by atoms with Crippen LogP contribution >= 0.6 is 0 Å². The number of hydrogen-bond donors (Lipinski definition) is 2. The lowest BCUT2D eigenvalue weighted by Gasteiger charge is -2.24. The Morgan fingerprint density at radius 2 is 1.95 bits per heavy atom. The summed E-state index contributed by atoms with van der Waals surface area (Å²) in [6.07, 6.45) is 2.63. The molecule has 1 heterocycles. The van der Waals surface area contributed by atoms with Crippen LogP contribution in [0.15, 0.2) is 48.5 Å². The predicted octanol–water partition coefficient (Wildman–Crippen LogP) is 4.07. The van der Waals surface area contributed by atoms with Gasteiger partial charge in [0.1, 0.15) is 0 Å². The van der Waals surface area contributed by atoms with E-state index in [-0.39, 0.29) is 0 Å². The van der Waals surface area contributed by atoms with Gasteiger partial charge in [0.05, 0.1) is 0 Å². The van der Waals surface area contributed by atoms with E-state index in [9.17, 15) is 0 Å². The normalized spacial score (nSPS) is 18.4. The molecule has 1 fully saturated rings. The summed E-state index contributed by atoms with van der Waals surface area (Å²) in [5.41, 5.74) is 5.22. The van der Waals surface area contributed by atoms with Crippen molar-refractivity contribution in [2.75, 3.05) is 25.0 Å². The number of rotatable bonds is 4. The first-order chi connectivity index (χ1) is 10.3. The third-order valence-electron chi connectivity index (χ3n) is 4.40. The van der Waals surface area contributed by atoms with Crippen LogP contribution in [0.2, 0.25) is 0 Å². The second-order valence-electron chi connectivity index (χ2n) is 5.94. The van der Waals surface area contributed by atoms with Crippen LogP contribution in [0, 0.1) is 12.8 Å². The van der Waals surface area contributed by atoms with Crippen LogP contribution in [0.4, 0.5) is 5.69 Å². The quantitative estimate of drug-likeness (QED) is 0.882. The van der Waals surface area contributed by atoms with Crippen molar-refractivity contribution in [3.05, 3.63) is 54.1 Å². The first kappa shape index (κ1) is 14.2. The molecule has 1 unspecified atom stereocenters. The molecule has 0 aromatic heterocycles. The van der Waals surface area contributed by atoms with E-state index in [1.807, 2.05) is 0 Å². The van der Waals surface area contributed by atoms with Gasteiger partial charge >= 0.3 is 0 Å². The minimum Gasteiger partial charge on any atom is -0.384 e. The van der Waals surface area contributed by atoms with E-state index < -0.39 is 0 Å². The monoisotopic (exact) mass is 280 g/mol. The van der Waals surface area contributed by atoms with Gasteiger partial charge in [0.15, 0.2) is 0 Å². The lowest BCUT2D eigenvalue weighted by atomic mass is 9.97. The molecule has 0 saturated carbocycles. The summed E-state index contributed by atoms with van der Waals surface area (Å²) in [4.78, 5) is 0. The van der Waals surface area contributed by atoms with Gasteiger partial charge in [-0.3, -0.25) is 0 Å². The van der Waals surface area contributed by atoms with Gasteiger partial charge in [0, 0.05) is 12.2 Å². The van der Waals surface area contributed by atoms with Gasteiger partial charge in [-0.25, -0.2) is 0 Å². The molecular weight excluding hydrogens is 256 g/mol. The number of piperidine rings is 1. The maximum atomic E-state index is 3.65.